The van der Waals surface area contributed by atoms with Crippen molar-refractivity contribution in [1.82, 2.24) is 4.98 Å². The zero-order chi connectivity index (χ0) is 17.3. The van der Waals surface area contributed by atoms with E-state index in [-0.39, 0.29) is 5.91 Å². The quantitative estimate of drug-likeness (QED) is 0.698. The number of nitrogens with one attached hydrogen (secondary N) is 1. The Morgan fingerprint density at radius 3 is 2.54 bits per heavy atom. The van der Waals surface area contributed by atoms with Gasteiger partial charge in [0.05, 0.1) is 29.5 Å². The maximum atomic E-state index is 12.5. The van der Waals surface area contributed by atoms with Crippen molar-refractivity contribution in [3.63, 3.8) is 0 Å². The summed E-state index contributed by atoms with van der Waals surface area (Å²) in [4.78, 5) is 16.9. The number of halogens is 2. The normalized spacial score (nSPS) is 10.7. The lowest BCUT2D eigenvalue weighted by atomic mass is 10.2. The SMILES string of the molecule is COc1ccc(Cl)cc1C(=O)Nc1nc2c(OC)ccc(Cl)c2s1. The van der Waals surface area contributed by atoms with Crippen molar-refractivity contribution in [2.24, 2.45) is 0 Å². The summed E-state index contributed by atoms with van der Waals surface area (Å²) in [5.74, 6) is 0.642. The molecule has 0 aliphatic carbocycles. The fourth-order valence-electron chi connectivity index (χ4n) is 2.19. The van der Waals surface area contributed by atoms with Crippen LogP contribution in [-0.2, 0) is 0 Å². The molecular weight excluding hydrogens is 371 g/mol. The number of benzene rings is 2. The van der Waals surface area contributed by atoms with Crippen molar-refractivity contribution >= 4 is 55.8 Å². The summed E-state index contributed by atoms with van der Waals surface area (Å²) in [7, 11) is 3.04. The number of rotatable bonds is 4. The molecule has 0 atom stereocenters. The molecule has 1 aromatic heterocycles. The Morgan fingerprint density at radius 2 is 1.83 bits per heavy atom. The van der Waals surface area contributed by atoms with Crippen LogP contribution in [0.15, 0.2) is 30.3 Å². The maximum Gasteiger partial charge on any atom is 0.261 e. The van der Waals surface area contributed by atoms with Crippen LogP contribution in [0.4, 0.5) is 5.13 Å². The molecule has 8 heteroatoms. The molecule has 1 amide bonds. The van der Waals surface area contributed by atoms with Crippen LogP contribution in [0.3, 0.4) is 0 Å². The van der Waals surface area contributed by atoms with E-state index in [2.05, 4.69) is 10.3 Å². The Balaban J connectivity index is 1.97. The minimum absolute atomic E-state index is 0.322. The summed E-state index contributed by atoms with van der Waals surface area (Å²) in [6.45, 7) is 0. The number of anilines is 1. The lowest BCUT2D eigenvalue weighted by Gasteiger charge is -2.08. The second-order valence-electron chi connectivity index (χ2n) is 4.75. The molecular formula is C16H12Cl2N2O3S. The van der Waals surface area contributed by atoms with Crippen LogP contribution in [0.5, 0.6) is 11.5 Å². The Labute approximate surface area is 152 Å². The number of thiazole rings is 1. The number of aromatic nitrogens is 1. The molecule has 0 saturated heterocycles. The summed E-state index contributed by atoms with van der Waals surface area (Å²) in [5.41, 5.74) is 0.922. The summed E-state index contributed by atoms with van der Waals surface area (Å²) in [6.07, 6.45) is 0. The van der Waals surface area contributed by atoms with E-state index >= 15 is 0 Å². The average Bonchev–Trinajstić information content (AvgIpc) is 2.99. The van der Waals surface area contributed by atoms with Gasteiger partial charge >= 0.3 is 0 Å². The van der Waals surface area contributed by atoms with Gasteiger partial charge in [-0.05, 0) is 30.3 Å². The fraction of sp³-hybridized carbons (Fsp3) is 0.125. The van der Waals surface area contributed by atoms with Crippen LogP contribution >= 0.6 is 34.5 Å². The van der Waals surface area contributed by atoms with Gasteiger partial charge in [0.1, 0.15) is 17.0 Å². The van der Waals surface area contributed by atoms with E-state index in [0.29, 0.717) is 37.8 Å². The van der Waals surface area contributed by atoms with Crippen molar-refractivity contribution in [2.75, 3.05) is 19.5 Å². The Hall–Kier alpha value is -2.02. The van der Waals surface area contributed by atoms with Crippen LogP contribution < -0.4 is 14.8 Å². The number of methoxy groups -OCH3 is 2. The molecule has 1 N–H and O–H groups in total. The molecule has 0 aliphatic rings. The number of hydrogen-bond donors (Lipinski definition) is 1. The first-order chi connectivity index (χ1) is 11.5. The second-order valence-corrected chi connectivity index (χ2v) is 6.59. The van der Waals surface area contributed by atoms with E-state index in [4.69, 9.17) is 32.7 Å². The minimum Gasteiger partial charge on any atom is -0.496 e. The Kier molecular flexibility index (Phi) is 4.80. The van der Waals surface area contributed by atoms with Crippen LogP contribution in [-0.4, -0.2) is 25.1 Å². The summed E-state index contributed by atoms with van der Waals surface area (Å²) in [6, 6.07) is 8.29. The average molecular weight is 383 g/mol. The zero-order valence-electron chi connectivity index (χ0n) is 12.7. The van der Waals surface area contributed by atoms with Gasteiger partial charge < -0.3 is 9.47 Å². The van der Waals surface area contributed by atoms with E-state index in [1.807, 2.05) is 0 Å². The van der Waals surface area contributed by atoms with E-state index in [9.17, 15) is 4.79 Å². The molecule has 0 fully saturated rings. The molecule has 0 unspecified atom stereocenters. The lowest BCUT2D eigenvalue weighted by molar-refractivity contribution is 0.102. The highest BCUT2D eigenvalue weighted by atomic mass is 35.5. The summed E-state index contributed by atoms with van der Waals surface area (Å²) in [5, 5.41) is 4.13. The molecule has 0 saturated carbocycles. The highest BCUT2D eigenvalue weighted by Gasteiger charge is 2.17. The van der Waals surface area contributed by atoms with Crippen LogP contribution in [0.2, 0.25) is 10.0 Å². The largest absolute Gasteiger partial charge is 0.496 e. The molecule has 2 aromatic carbocycles. The van der Waals surface area contributed by atoms with E-state index < -0.39 is 0 Å². The molecule has 0 aliphatic heterocycles. The van der Waals surface area contributed by atoms with Crippen LogP contribution in [0.25, 0.3) is 10.2 Å². The molecule has 1 heterocycles. The fourth-order valence-corrected chi connectivity index (χ4v) is 3.52. The van der Waals surface area contributed by atoms with E-state index in [1.54, 1.807) is 31.4 Å². The van der Waals surface area contributed by atoms with E-state index in [1.165, 1.54) is 24.5 Å². The third kappa shape index (κ3) is 3.13. The van der Waals surface area contributed by atoms with Crippen molar-refractivity contribution in [3.05, 3.63) is 45.9 Å². The molecule has 3 aromatic rings. The van der Waals surface area contributed by atoms with E-state index in [0.717, 1.165) is 4.70 Å². The molecule has 24 heavy (non-hydrogen) atoms. The first-order valence-electron chi connectivity index (χ1n) is 6.81. The standard InChI is InChI=1S/C16H12Cl2N2O3S/c1-22-11-5-3-8(17)7-9(11)15(21)20-16-19-13-12(23-2)6-4-10(18)14(13)24-16/h3-7H,1-2H3,(H,19,20,21). The highest BCUT2D eigenvalue weighted by Crippen LogP contribution is 2.37. The van der Waals surface area contributed by atoms with Gasteiger partial charge in [-0.2, -0.15) is 0 Å². The number of amides is 1. The number of ether oxygens (including phenoxy) is 2. The Morgan fingerprint density at radius 1 is 1.12 bits per heavy atom. The van der Waals surface area contributed by atoms with Gasteiger partial charge in [-0.15, -0.1) is 0 Å². The zero-order valence-corrected chi connectivity index (χ0v) is 15.1. The monoisotopic (exact) mass is 382 g/mol. The lowest BCUT2D eigenvalue weighted by Crippen LogP contribution is -2.13. The number of fused-ring (bicyclic) bond motifs is 1. The minimum atomic E-state index is -0.372. The maximum absolute atomic E-state index is 12.5. The molecule has 3 rings (SSSR count). The second kappa shape index (κ2) is 6.84. The predicted octanol–water partition coefficient (Wildman–Crippen LogP) is 4.87. The molecule has 0 spiro atoms. The number of nitrogens with zero attached hydrogens (tertiary/aromatic N) is 1. The van der Waals surface area contributed by atoms with Gasteiger partial charge in [0.25, 0.3) is 5.91 Å². The van der Waals surface area contributed by atoms with Gasteiger partial charge in [0.2, 0.25) is 0 Å². The van der Waals surface area contributed by atoms with Gasteiger partial charge in [-0.25, -0.2) is 4.98 Å². The van der Waals surface area contributed by atoms with Gasteiger partial charge in [-0.1, -0.05) is 34.5 Å². The smallest absolute Gasteiger partial charge is 0.261 e. The van der Waals surface area contributed by atoms with Crippen LogP contribution in [0, 0.1) is 0 Å². The van der Waals surface area contributed by atoms with Crippen molar-refractivity contribution in [3.8, 4) is 11.5 Å². The molecule has 124 valence electrons. The number of hydrogen-bond acceptors (Lipinski definition) is 5. The third-order valence-electron chi connectivity index (χ3n) is 3.31. The van der Waals surface area contributed by atoms with Crippen molar-refractivity contribution in [1.29, 1.82) is 0 Å². The van der Waals surface area contributed by atoms with Gasteiger partial charge in [0.15, 0.2) is 5.13 Å². The number of carbonyl (C=O) groups excluding carboxylic acids is 1. The van der Waals surface area contributed by atoms with Crippen molar-refractivity contribution < 1.29 is 14.3 Å². The van der Waals surface area contributed by atoms with Crippen molar-refractivity contribution in [2.45, 2.75) is 0 Å². The van der Waals surface area contributed by atoms with Gasteiger partial charge in [-0.3, -0.25) is 10.1 Å². The van der Waals surface area contributed by atoms with Crippen LogP contribution in [0.1, 0.15) is 10.4 Å². The Bertz CT molecular complexity index is 927. The first kappa shape index (κ1) is 16.8. The summed E-state index contributed by atoms with van der Waals surface area (Å²) < 4.78 is 11.2. The molecule has 0 radical (unpaired) electrons. The topological polar surface area (TPSA) is 60.5 Å². The molecule has 0 bridgehead atoms. The predicted molar refractivity (Wildman–Crippen MR) is 97.1 cm³/mol. The first-order valence-corrected chi connectivity index (χ1v) is 8.38. The molecule has 5 nitrogen and oxygen atoms in total. The number of carbonyl (C=O) groups is 1. The highest BCUT2D eigenvalue weighted by molar-refractivity contribution is 7.23. The summed E-state index contributed by atoms with van der Waals surface area (Å²) >= 11 is 13.4. The third-order valence-corrected chi connectivity index (χ3v) is 4.97. The van der Waals surface area contributed by atoms with Gasteiger partial charge in [0, 0.05) is 5.02 Å².